The van der Waals surface area contributed by atoms with Gasteiger partial charge in [-0.05, 0) is 0 Å². The van der Waals surface area contributed by atoms with Crippen molar-refractivity contribution in [2.45, 2.75) is 0 Å². The molecule has 26 heavy (non-hydrogen) atoms. The first-order chi connectivity index (χ1) is 10.6. The quantitative estimate of drug-likeness (QED) is 0.235. The molecule has 0 unspecified atom stereocenters. The number of carbonyl (C=O) groups excluding carboxylic acids is 3. The van der Waals surface area contributed by atoms with E-state index in [2.05, 4.69) is 0 Å². The molecule has 0 saturated carbocycles. The third kappa shape index (κ3) is 29.6. The molecule has 0 aliphatic carbocycles. The fourth-order valence-electron chi connectivity index (χ4n) is 1.45. The number of rotatable bonds is 11. The van der Waals surface area contributed by atoms with E-state index in [-0.39, 0.29) is 102 Å². The molecule has 0 heterocycles. The second kappa shape index (κ2) is 23.9. The zero-order valence-electron chi connectivity index (χ0n) is 14.7. The van der Waals surface area contributed by atoms with Crippen LogP contribution in [0.5, 0.6) is 0 Å². The average Bonchev–Trinajstić information content (AvgIpc) is 2.33. The van der Waals surface area contributed by atoms with E-state index < -0.39 is 58.7 Å². The number of carboxylic acid groups (broad SMARTS) is 4. The molecule has 0 amide bonds. The Morgan fingerprint density at radius 1 is 0.731 bits per heavy atom. The van der Waals surface area contributed by atoms with Crippen molar-refractivity contribution >= 4 is 32.6 Å². The molecule has 0 rings (SSSR count). The van der Waals surface area contributed by atoms with Gasteiger partial charge in [0.2, 0.25) is 0 Å². The fraction of sp³-hybridized carbons (Fsp3) is 0.600. The summed E-state index contributed by atoms with van der Waals surface area (Å²) in [5.41, 5.74) is 0. The third-order valence-electron chi connectivity index (χ3n) is 2.15. The van der Waals surface area contributed by atoms with Crippen LogP contribution >= 0.6 is 8.69 Å². The summed E-state index contributed by atoms with van der Waals surface area (Å²) < 4.78 is 8.46. The molecule has 0 spiro atoms. The smallest absolute Gasteiger partial charge is 0.549 e. The van der Waals surface area contributed by atoms with Crippen LogP contribution in [0.3, 0.4) is 0 Å². The van der Waals surface area contributed by atoms with Crippen LogP contribution in [0.1, 0.15) is 0 Å². The summed E-state index contributed by atoms with van der Waals surface area (Å²) in [5.74, 6) is -5.82. The Labute approximate surface area is 217 Å². The van der Waals surface area contributed by atoms with E-state index in [1.54, 1.807) is 0 Å². The molecule has 0 aliphatic heterocycles. The summed E-state index contributed by atoms with van der Waals surface area (Å²) in [6.07, 6.45) is 0. The minimum atomic E-state index is -1.52. The number of aliphatic carboxylic acids is 4. The van der Waals surface area contributed by atoms with E-state index in [0.29, 0.717) is 0 Å². The van der Waals surface area contributed by atoms with Crippen molar-refractivity contribution in [1.29, 1.82) is 0 Å². The molecule has 16 heteroatoms. The standard InChI is InChI=1S/C10H16N2O8.3Na.HO2P/c13-7(14)3-11(4-8(15)16)1-2-12(5-9(17)18)6-10(19)20;;;;1-3-2/h1-6H2,(H,13,14)(H,15,16)(H,17,18)(H,19,20);;;;(H,1,2)/q;3*+1;/p-3. The van der Waals surface area contributed by atoms with Crippen molar-refractivity contribution in [3.63, 3.8) is 0 Å². The predicted molar refractivity (Wildman–Crippen MR) is 65.4 cm³/mol. The molecular formula is C10H14N2Na3O10P. The number of hydrogen-bond acceptors (Lipinski definition) is 10. The Balaban J connectivity index is -0.000000228. The van der Waals surface area contributed by atoms with Crippen molar-refractivity contribution in [2.75, 3.05) is 39.3 Å². The summed E-state index contributed by atoms with van der Waals surface area (Å²) in [6, 6.07) is 0. The van der Waals surface area contributed by atoms with Crippen molar-refractivity contribution in [2.24, 2.45) is 0 Å². The van der Waals surface area contributed by atoms with Gasteiger partial charge in [0.05, 0.1) is 24.5 Å². The van der Waals surface area contributed by atoms with Crippen LogP contribution in [-0.4, -0.2) is 82.9 Å². The number of carbonyl (C=O) groups is 4. The maximum Gasteiger partial charge on any atom is 1.00 e. The maximum absolute atomic E-state index is 10.5. The largest absolute Gasteiger partial charge is 1.00 e. The van der Waals surface area contributed by atoms with Gasteiger partial charge in [0.1, 0.15) is 0 Å². The summed E-state index contributed by atoms with van der Waals surface area (Å²) in [5, 5.41) is 39.8. The van der Waals surface area contributed by atoms with Crippen LogP contribution in [0, 0.1) is 0 Å². The summed E-state index contributed by atoms with van der Waals surface area (Å²) in [7, 11) is -0.833. The van der Waals surface area contributed by atoms with Gasteiger partial charge < -0.3 is 39.7 Å². The zero-order valence-corrected chi connectivity index (χ0v) is 21.6. The molecule has 0 atom stereocenters. The van der Waals surface area contributed by atoms with E-state index in [1.165, 1.54) is 0 Å². The number of nitrogens with zero attached hydrogens (tertiary/aromatic N) is 2. The van der Waals surface area contributed by atoms with Crippen molar-refractivity contribution in [3.8, 4) is 0 Å². The minimum Gasteiger partial charge on any atom is -0.549 e. The topological polar surface area (TPSA) is 201 Å². The molecule has 0 radical (unpaired) electrons. The normalized spacial score (nSPS) is 9.04. The SMILES string of the molecule is O=C([O-])CN(CCN(CC(=O)[O-])CC(=O)O)CC(=O)[O-].O=PO.[Na+].[Na+].[Na+]. The average molecular weight is 422 g/mol. The molecule has 132 valence electrons. The van der Waals surface area contributed by atoms with Gasteiger partial charge in [-0.3, -0.25) is 14.6 Å². The van der Waals surface area contributed by atoms with Crippen molar-refractivity contribution < 1.29 is 138 Å². The van der Waals surface area contributed by atoms with Gasteiger partial charge in [-0.25, -0.2) is 4.57 Å². The monoisotopic (exact) mass is 422 g/mol. The molecule has 0 bridgehead atoms. The first-order valence-electron chi connectivity index (χ1n) is 5.85. The Bertz CT molecular complexity index is 375. The Kier molecular flexibility index (Phi) is 34.6. The van der Waals surface area contributed by atoms with Gasteiger partial charge in [-0.2, -0.15) is 0 Å². The van der Waals surface area contributed by atoms with E-state index >= 15 is 0 Å². The van der Waals surface area contributed by atoms with E-state index in [1.807, 2.05) is 0 Å². The Morgan fingerprint density at radius 2 is 0.962 bits per heavy atom. The molecule has 0 aromatic carbocycles. The second-order valence-corrected chi connectivity index (χ2v) is 4.18. The van der Waals surface area contributed by atoms with Crippen LogP contribution in [0.25, 0.3) is 0 Å². The zero-order chi connectivity index (χ0) is 18.4. The predicted octanol–water partition coefficient (Wildman–Crippen LogP) is -14.9. The van der Waals surface area contributed by atoms with Crippen LogP contribution in [0.15, 0.2) is 0 Å². The molecule has 0 aliphatic rings. The molecular weight excluding hydrogens is 408 g/mol. The second-order valence-electron chi connectivity index (χ2n) is 4.01. The summed E-state index contributed by atoms with van der Waals surface area (Å²) in [6.45, 7) is -3.00. The third-order valence-corrected chi connectivity index (χ3v) is 2.15. The maximum atomic E-state index is 10.5. The Hall–Kier alpha value is 0.860. The van der Waals surface area contributed by atoms with E-state index in [0.717, 1.165) is 9.80 Å². The van der Waals surface area contributed by atoms with E-state index in [4.69, 9.17) is 14.6 Å². The first-order valence-corrected chi connectivity index (χ1v) is 6.61. The molecule has 0 saturated heterocycles. The van der Waals surface area contributed by atoms with Crippen LogP contribution < -0.4 is 104 Å². The molecule has 12 nitrogen and oxygen atoms in total. The van der Waals surface area contributed by atoms with Crippen LogP contribution in [0.2, 0.25) is 0 Å². The van der Waals surface area contributed by atoms with Crippen LogP contribution in [0.4, 0.5) is 0 Å². The van der Waals surface area contributed by atoms with Crippen molar-refractivity contribution in [3.05, 3.63) is 0 Å². The van der Waals surface area contributed by atoms with Gasteiger partial charge in [-0.15, -0.1) is 0 Å². The van der Waals surface area contributed by atoms with Crippen LogP contribution in [-0.2, 0) is 23.7 Å². The molecule has 2 N–H and O–H groups in total. The Morgan fingerprint density at radius 3 is 1.15 bits per heavy atom. The summed E-state index contributed by atoms with van der Waals surface area (Å²) >= 11 is 0. The first kappa shape index (κ1) is 37.6. The number of carboxylic acids is 4. The number of hydrogen-bond donors (Lipinski definition) is 2. The summed E-state index contributed by atoms with van der Waals surface area (Å²) in [4.78, 5) is 50.6. The van der Waals surface area contributed by atoms with Gasteiger partial charge in [0.15, 0.2) is 0 Å². The van der Waals surface area contributed by atoms with Gasteiger partial charge in [-0.1, -0.05) is 0 Å². The van der Waals surface area contributed by atoms with Gasteiger partial charge >= 0.3 is 103 Å². The van der Waals surface area contributed by atoms with E-state index in [9.17, 15) is 34.5 Å². The molecule has 0 aromatic rings. The fourth-order valence-corrected chi connectivity index (χ4v) is 1.45. The van der Waals surface area contributed by atoms with Gasteiger partial charge in [0.25, 0.3) is 0 Å². The minimum absolute atomic E-state index is 0. The molecule has 0 aromatic heterocycles. The van der Waals surface area contributed by atoms with Crippen molar-refractivity contribution in [1.82, 2.24) is 9.80 Å². The van der Waals surface area contributed by atoms with Gasteiger partial charge in [0, 0.05) is 32.7 Å². The molecule has 0 fully saturated rings.